The molecule has 5 nitrogen and oxygen atoms in total. The SMILES string of the molecule is CN1CCN(CCc2nc3c(ccc4[nH]ccc43)o2)CC1. The second-order valence-electron chi connectivity index (χ2n) is 5.85. The molecule has 0 radical (unpaired) electrons. The first-order chi connectivity index (χ1) is 10.3. The van der Waals surface area contributed by atoms with Gasteiger partial charge in [0.1, 0.15) is 5.52 Å². The minimum Gasteiger partial charge on any atom is -0.441 e. The van der Waals surface area contributed by atoms with E-state index in [9.17, 15) is 0 Å². The number of hydrogen-bond donors (Lipinski definition) is 1. The van der Waals surface area contributed by atoms with Crippen LogP contribution in [0, 0.1) is 0 Å². The van der Waals surface area contributed by atoms with E-state index >= 15 is 0 Å². The molecule has 1 aromatic carbocycles. The molecule has 0 amide bonds. The summed E-state index contributed by atoms with van der Waals surface area (Å²) in [7, 11) is 2.18. The minimum absolute atomic E-state index is 0.845. The van der Waals surface area contributed by atoms with Gasteiger partial charge in [0.2, 0.25) is 0 Å². The van der Waals surface area contributed by atoms with E-state index in [0.29, 0.717) is 0 Å². The number of benzene rings is 1. The normalized spacial score (nSPS) is 18.0. The van der Waals surface area contributed by atoms with Crippen molar-refractivity contribution in [3.63, 3.8) is 0 Å². The van der Waals surface area contributed by atoms with E-state index in [1.165, 1.54) is 0 Å². The van der Waals surface area contributed by atoms with Crippen molar-refractivity contribution in [2.45, 2.75) is 6.42 Å². The highest BCUT2D eigenvalue weighted by Gasteiger charge is 2.15. The molecule has 1 aliphatic heterocycles. The third-order valence-corrected chi connectivity index (χ3v) is 4.37. The topological polar surface area (TPSA) is 48.3 Å². The Kier molecular flexibility index (Phi) is 3.16. The predicted molar refractivity (Wildman–Crippen MR) is 83.5 cm³/mol. The number of hydrogen-bond acceptors (Lipinski definition) is 4. The van der Waals surface area contributed by atoms with E-state index in [-0.39, 0.29) is 0 Å². The lowest BCUT2D eigenvalue weighted by Crippen LogP contribution is -2.45. The van der Waals surface area contributed by atoms with Crippen LogP contribution in [0.3, 0.4) is 0 Å². The molecule has 3 heterocycles. The van der Waals surface area contributed by atoms with Crippen LogP contribution in [-0.2, 0) is 6.42 Å². The average molecular weight is 284 g/mol. The van der Waals surface area contributed by atoms with Crippen LogP contribution in [0.25, 0.3) is 22.0 Å². The fourth-order valence-corrected chi connectivity index (χ4v) is 3.00. The van der Waals surface area contributed by atoms with Crippen molar-refractivity contribution in [2.24, 2.45) is 0 Å². The number of piperazine rings is 1. The van der Waals surface area contributed by atoms with Crippen LogP contribution < -0.4 is 0 Å². The highest BCUT2D eigenvalue weighted by Crippen LogP contribution is 2.25. The number of fused-ring (bicyclic) bond motifs is 3. The van der Waals surface area contributed by atoms with Crippen molar-refractivity contribution in [3.8, 4) is 0 Å². The molecule has 1 saturated heterocycles. The van der Waals surface area contributed by atoms with Crippen molar-refractivity contribution in [1.29, 1.82) is 0 Å². The number of nitrogens with zero attached hydrogens (tertiary/aromatic N) is 3. The summed E-state index contributed by atoms with van der Waals surface area (Å²) in [5, 5.41) is 1.14. The molecule has 0 aliphatic carbocycles. The predicted octanol–water partition coefficient (Wildman–Crippen LogP) is 2.10. The third kappa shape index (κ3) is 2.43. The first-order valence-electron chi connectivity index (χ1n) is 7.56. The largest absolute Gasteiger partial charge is 0.441 e. The molecule has 1 fully saturated rings. The van der Waals surface area contributed by atoms with Gasteiger partial charge in [-0.15, -0.1) is 0 Å². The molecule has 1 aliphatic rings. The molecule has 0 unspecified atom stereocenters. The Morgan fingerprint density at radius 3 is 2.90 bits per heavy atom. The summed E-state index contributed by atoms with van der Waals surface area (Å²) in [4.78, 5) is 12.8. The molecule has 5 heteroatoms. The molecular weight excluding hydrogens is 264 g/mol. The van der Waals surface area contributed by atoms with Gasteiger partial charge in [0.15, 0.2) is 11.5 Å². The molecule has 0 atom stereocenters. The molecule has 0 saturated carbocycles. The summed E-state index contributed by atoms with van der Waals surface area (Å²) in [6.45, 7) is 5.60. The lowest BCUT2D eigenvalue weighted by atomic mass is 10.2. The van der Waals surface area contributed by atoms with Gasteiger partial charge in [0, 0.05) is 56.2 Å². The Morgan fingerprint density at radius 1 is 1.19 bits per heavy atom. The van der Waals surface area contributed by atoms with Gasteiger partial charge in [-0.25, -0.2) is 4.98 Å². The summed E-state index contributed by atoms with van der Waals surface area (Å²) >= 11 is 0. The van der Waals surface area contributed by atoms with Gasteiger partial charge >= 0.3 is 0 Å². The van der Waals surface area contributed by atoms with Gasteiger partial charge in [-0.3, -0.25) is 0 Å². The number of oxazole rings is 1. The van der Waals surface area contributed by atoms with Gasteiger partial charge in [0.05, 0.1) is 0 Å². The Morgan fingerprint density at radius 2 is 2.05 bits per heavy atom. The van der Waals surface area contributed by atoms with Crippen molar-refractivity contribution < 1.29 is 4.42 Å². The van der Waals surface area contributed by atoms with Gasteiger partial charge in [-0.2, -0.15) is 0 Å². The summed E-state index contributed by atoms with van der Waals surface area (Å²) in [5.74, 6) is 0.845. The fraction of sp³-hybridized carbons (Fsp3) is 0.438. The summed E-state index contributed by atoms with van der Waals surface area (Å²) in [6, 6.07) is 6.11. The van der Waals surface area contributed by atoms with Crippen molar-refractivity contribution in [1.82, 2.24) is 19.8 Å². The minimum atomic E-state index is 0.845. The molecule has 21 heavy (non-hydrogen) atoms. The van der Waals surface area contributed by atoms with Crippen LogP contribution in [0.1, 0.15) is 5.89 Å². The first-order valence-corrected chi connectivity index (χ1v) is 7.56. The van der Waals surface area contributed by atoms with Crippen LogP contribution in [0.2, 0.25) is 0 Å². The van der Waals surface area contributed by atoms with Gasteiger partial charge in [0.25, 0.3) is 0 Å². The highest BCUT2D eigenvalue weighted by atomic mass is 16.3. The number of rotatable bonds is 3. The highest BCUT2D eigenvalue weighted by molar-refractivity contribution is 6.02. The quantitative estimate of drug-likeness (QED) is 0.800. The number of aromatic nitrogens is 2. The van der Waals surface area contributed by atoms with Crippen LogP contribution in [0.15, 0.2) is 28.8 Å². The lowest BCUT2D eigenvalue weighted by molar-refractivity contribution is 0.153. The maximum atomic E-state index is 5.90. The van der Waals surface area contributed by atoms with Gasteiger partial charge in [-0.05, 0) is 25.2 Å². The Labute approximate surface area is 123 Å². The van der Waals surface area contributed by atoms with Crippen molar-refractivity contribution in [3.05, 3.63) is 30.3 Å². The second kappa shape index (κ2) is 5.16. The zero-order valence-corrected chi connectivity index (χ0v) is 12.3. The lowest BCUT2D eigenvalue weighted by Gasteiger charge is -2.31. The third-order valence-electron chi connectivity index (χ3n) is 4.37. The number of nitrogens with one attached hydrogen (secondary N) is 1. The summed E-state index contributed by atoms with van der Waals surface area (Å²) in [6.07, 6.45) is 2.83. The fourth-order valence-electron chi connectivity index (χ4n) is 3.00. The van der Waals surface area contributed by atoms with Gasteiger partial charge < -0.3 is 19.2 Å². The van der Waals surface area contributed by atoms with Crippen LogP contribution in [0.4, 0.5) is 0 Å². The van der Waals surface area contributed by atoms with Crippen LogP contribution >= 0.6 is 0 Å². The van der Waals surface area contributed by atoms with Gasteiger partial charge in [-0.1, -0.05) is 0 Å². The number of H-pyrrole nitrogens is 1. The number of aromatic amines is 1. The van der Waals surface area contributed by atoms with E-state index < -0.39 is 0 Å². The van der Waals surface area contributed by atoms with E-state index in [0.717, 1.165) is 67.0 Å². The van der Waals surface area contributed by atoms with Crippen LogP contribution in [0.5, 0.6) is 0 Å². The summed E-state index contributed by atoms with van der Waals surface area (Å²) in [5.41, 5.74) is 2.97. The Balaban J connectivity index is 1.51. The first kappa shape index (κ1) is 12.9. The van der Waals surface area contributed by atoms with Crippen LogP contribution in [-0.4, -0.2) is 59.5 Å². The van der Waals surface area contributed by atoms with E-state index in [1.807, 2.05) is 18.3 Å². The Bertz CT molecular complexity index is 752. The van der Waals surface area contributed by atoms with E-state index in [2.05, 4.69) is 32.9 Å². The zero-order valence-electron chi connectivity index (χ0n) is 12.3. The zero-order chi connectivity index (χ0) is 14.2. The Hall–Kier alpha value is -1.85. The average Bonchev–Trinajstić information content (AvgIpc) is 3.12. The number of likely N-dealkylation sites (N-methyl/N-ethyl adjacent to an activating group) is 1. The molecule has 110 valence electrons. The molecule has 1 N–H and O–H groups in total. The van der Waals surface area contributed by atoms with E-state index in [1.54, 1.807) is 0 Å². The second-order valence-corrected chi connectivity index (χ2v) is 5.85. The molecule has 3 aromatic rings. The van der Waals surface area contributed by atoms with E-state index in [4.69, 9.17) is 4.42 Å². The van der Waals surface area contributed by atoms with Crippen molar-refractivity contribution in [2.75, 3.05) is 39.8 Å². The molecule has 2 aromatic heterocycles. The standard InChI is InChI=1S/C16H20N4O/c1-19-8-10-20(11-9-19)7-5-15-18-16-12-4-6-17-13(12)2-3-14(16)21-15/h2-4,6,17H,5,7-11H2,1H3. The molecule has 0 bridgehead atoms. The maximum absolute atomic E-state index is 5.90. The maximum Gasteiger partial charge on any atom is 0.196 e. The van der Waals surface area contributed by atoms with Crippen molar-refractivity contribution >= 4 is 22.0 Å². The molecule has 4 rings (SSSR count). The molecule has 0 spiro atoms. The summed E-state index contributed by atoms with van der Waals surface area (Å²) < 4.78 is 5.90. The monoisotopic (exact) mass is 284 g/mol. The smallest absolute Gasteiger partial charge is 0.196 e. The molecular formula is C16H20N4O.